The van der Waals surface area contributed by atoms with Crippen molar-refractivity contribution in [3.05, 3.63) is 35.4 Å². The first kappa shape index (κ1) is 19.2. The third-order valence-electron chi connectivity index (χ3n) is 3.87. The minimum absolute atomic E-state index is 0.0493. The van der Waals surface area contributed by atoms with E-state index in [0.29, 0.717) is 5.57 Å². The number of ketones is 1. The predicted molar refractivity (Wildman–Crippen MR) is 93.3 cm³/mol. The van der Waals surface area contributed by atoms with E-state index < -0.39 is 23.1 Å². The standard InChI is InChI=1S/C19H27NO5/c1-11(2)24-16-13(4)15(21)19(16,23)14-10-12(3)8-9-20(14)17(22)25-18(5,6)7/h8-12,23H,1-7H3. The van der Waals surface area contributed by atoms with Crippen molar-refractivity contribution in [3.63, 3.8) is 0 Å². The third-order valence-corrected chi connectivity index (χ3v) is 3.87. The minimum Gasteiger partial charge on any atom is -0.491 e. The van der Waals surface area contributed by atoms with Crippen LogP contribution in [0.3, 0.4) is 0 Å². The molecule has 0 aromatic rings. The molecule has 1 heterocycles. The molecule has 138 valence electrons. The van der Waals surface area contributed by atoms with Gasteiger partial charge in [-0.2, -0.15) is 0 Å². The molecule has 0 aromatic carbocycles. The van der Waals surface area contributed by atoms with E-state index >= 15 is 0 Å². The number of ether oxygens (including phenoxy) is 2. The molecule has 0 spiro atoms. The Bertz CT molecular complexity index is 680. The Balaban J connectivity index is 2.43. The zero-order chi connectivity index (χ0) is 19.2. The first-order valence-corrected chi connectivity index (χ1v) is 8.46. The smallest absolute Gasteiger partial charge is 0.418 e. The van der Waals surface area contributed by atoms with Crippen LogP contribution in [0.4, 0.5) is 4.79 Å². The van der Waals surface area contributed by atoms with Crippen LogP contribution < -0.4 is 0 Å². The fourth-order valence-corrected chi connectivity index (χ4v) is 2.78. The van der Waals surface area contributed by atoms with Crippen LogP contribution in [0.2, 0.25) is 0 Å². The van der Waals surface area contributed by atoms with Crippen molar-refractivity contribution in [3.8, 4) is 0 Å². The molecule has 2 unspecified atom stereocenters. The Morgan fingerprint density at radius 1 is 1.36 bits per heavy atom. The van der Waals surface area contributed by atoms with Crippen LogP contribution >= 0.6 is 0 Å². The van der Waals surface area contributed by atoms with Gasteiger partial charge in [0.05, 0.1) is 11.8 Å². The molecule has 2 aliphatic rings. The van der Waals surface area contributed by atoms with Crippen molar-refractivity contribution >= 4 is 11.9 Å². The zero-order valence-electron chi connectivity index (χ0n) is 15.9. The summed E-state index contributed by atoms with van der Waals surface area (Å²) in [6.07, 6.45) is 4.13. The van der Waals surface area contributed by atoms with E-state index in [-0.39, 0.29) is 23.5 Å². The van der Waals surface area contributed by atoms with Crippen molar-refractivity contribution in [2.24, 2.45) is 5.92 Å². The molecule has 6 heteroatoms. The summed E-state index contributed by atoms with van der Waals surface area (Å²) in [7, 11) is 0. The van der Waals surface area contributed by atoms with Gasteiger partial charge in [0.15, 0.2) is 0 Å². The maximum atomic E-state index is 12.6. The van der Waals surface area contributed by atoms with Crippen LogP contribution in [0.5, 0.6) is 0 Å². The number of hydrogen-bond acceptors (Lipinski definition) is 5. The molecule has 6 nitrogen and oxygen atoms in total. The van der Waals surface area contributed by atoms with E-state index in [1.165, 1.54) is 11.1 Å². The Kier molecular flexibility index (Phi) is 4.88. The molecule has 25 heavy (non-hydrogen) atoms. The second-order valence-electron chi connectivity index (χ2n) is 7.76. The largest absolute Gasteiger partial charge is 0.491 e. The van der Waals surface area contributed by atoms with Crippen molar-refractivity contribution in [1.29, 1.82) is 0 Å². The van der Waals surface area contributed by atoms with Gasteiger partial charge in [0.2, 0.25) is 11.4 Å². The highest BCUT2D eigenvalue weighted by molar-refractivity contribution is 6.13. The van der Waals surface area contributed by atoms with Crippen molar-refractivity contribution in [1.82, 2.24) is 4.90 Å². The van der Waals surface area contributed by atoms with Crippen LogP contribution in [0.1, 0.15) is 48.5 Å². The van der Waals surface area contributed by atoms with E-state index in [0.717, 1.165) is 0 Å². The van der Waals surface area contributed by atoms with Crippen LogP contribution in [0.15, 0.2) is 35.4 Å². The Hall–Kier alpha value is -2.08. The van der Waals surface area contributed by atoms with Gasteiger partial charge in [0, 0.05) is 11.8 Å². The zero-order valence-corrected chi connectivity index (χ0v) is 15.9. The highest BCUT2D eigenvalue weighted by Gasteiger charge is 2.58. The lowest BCUT2D eigenvalue weighted by atomic mass is 9.74. The predicted octanol–water partition coefficient (Wildman–Crippen LogP) is 3.28. The molecule has 2 atom stereocenters. The highest BCUT2D eigenvalue weighted by atomic mass is 16.6. The topological polar surface area (TPSA) is 76.1 Å². The van der Waals surface area contributed by atoms with E-state index in [4.69, 9.17) is 9.47 Å². The molecular formula is C19H27NO5. The van der Waals surface area contributed by atoms with Gasteiger partial charge in [-0.05, 0) is 47.5 Å². The molecule has 1 N–H and O–H groups in total. The van der Waals surface area contributed by atoms with Gasteiger partial charge >= 0.3 is 6.09 Å². The summed E-state index contributed by atoms with van der Waals surface area (Å²) in [5.74, 6) is -0.327. The summed E-state index contributed by atoms with van der Waals surface area (Å²) >= 11 is 0. The number of rotatable bonds is 3. The summed E-state index contributed by atoms with van der Waals surface area (Å²) < 4.78 is 11.1. The van der Waals surface area contributed by atoms with Crippen LogP contribution in [-0.2, 0) is 14.3 Å². The quantitative estimate of drug-likeness (QED) is 0.846. The number of aliphatic hydroxyl groups is 1. The molecule has 2 rings (SSSR count). The van der Waals surface area contributed by atoms with Gasteiger partial charge in [0.1, 0.15) is 11.4 Å². The normalized spacial score (nSPS) is 26.6. The molecule has 1 aliphatic carbocycles. The van der Waals surface area contributed by atoms with Crippen molar-refractivity contribution in [2.75, 3.05) is 0 Å². The molecule has 0 saturated carbocycles. The summed E-state index contributed by atoms with van der Waals surface area (Å²) in [6, 6.07) is 0. The van der Waals surface area contributed by atoms with Gasteiger partial charge < -0.3 is 14.6 Å². The number of carbonyl (C=O) groups excluding carboxylic acids is 2. The number of nitrogens with zero attached hydrogens (tertiary/aromatic N) is 1. The fourth-order valence-electron chi connectivity index (χ4n) is 2.78. The molecule has 0 bridgehead atoms. The van der Waals surface area contributed by atoms with Gasteiger partial charge in [-0.15, -0.1) is 0 Å². The molecular weight excluding hydrogens is 322 g/mol. The van der Waals surface area contributed by atoms with Crippen LogP contribution in [0, 0.1) is 5.92 Å². The van der Waals surface area contributed by atoms with E-state index in [9.17, 15) is 14.7 Å². The second-order valence-corrected chi connectivity index (χ2v) is 7.76. The summed E-state index contributed by atoms with van der Waals surface area (Å²) in [5, 5.41) is 11.1. The van der Waals surface area contributed by atoms with Crippen LogP contribution in [-0.4, -0.2) is 39.2 Å². The van der Waals surface area contributed by atoms with Crippen molar-refractivity contribution in [2.45, 2.75) is 65.8 Å². The Morgan fingerprint density at radius 2 is 1.96 bits per heavy atom. The van der Waals surface area contributed by atoms with Gasteiger partial charge in [-0.3, -0.25) is 9.69 Å². The van der Waals surface area contributed by atoms with Gasteiger partial charge in [-0.25, -0.2) is 4.79 Å². The summed E-state index contributed by atoms with van der Waals surface area (Å²) in [4.78, 5) is 26.2. The number of Topliss-reactive ketones (excluding diaryl/α,β-unsaturated/α-hetero) is 1. The lowest BCUT2D eigenvalue weighted by molar-refractivity contribution is -0.138. The minimum atomic E-state index is -1.97. The molecule has 0 saturated heterocycles. The lowest BCUT2D eigenvalue weighted by Gasteiger charge is -2.44. The maximum absolute atomic E-state index is 12.6. The van der Waals surface area contributed by atoms with E-state index in [1.807, 2.05) is 20.8 Å². The molecule has 1 amide bonds. The Morgan fingerprint density at radius 3 is 2.48 bits per heavy atom. The van der Waals surface area contributed by atoms with Gasteiger partial charge in [-0.1, -0.05) is 19.1 Å². The van der Waals surface area contributed by atoms with Gasteiger partial charge in [0.25, 0.3) is 0 Å². The lowest BCUT2D eigenvalue weighted by Crippen LogP contribution is -2.57. The number of hydrogen-bond donors (Lipinski definition) is 1. The average molecular weight is 349 g/mol. The first-order chi connectivity index (χ1) is 11.4. The SMILES string of the molecule is CC1=C(OC(C)C)C(O)(C2=CC(C)C=CN2C(=O)OC(C)(C)C)C1=O. The monoisotopic (exact) mass is 349 g/mol. The van der Waals surface area contributed by atoms with Crippen molar-refractivity contribution < 1.29 is 24.2 Å². The van der Waals surface area contributed by atoms with E-state index in [1.54, 1.807) is 39.8 Å². The first-order valence-electron chi connectivity index (χ1n) is 8.46. The fraction of sp³-hybridized carbons (Fsp3) is 0.579. The average Bonchev–Trinajstić information content (AvgIpc) is 2.49. The Labute approximate surface area is 148 Å². The van der Waals surface area contributed by atoms with E-state index in [2.05, 4.69) is 0 Å². The molecule has 0 radical (unpaired) electrons. The molecule has 1 aliphatic heterocycles. The number of allylic oxidation sites excluding steroid dienone is 2. The second kappa shape index (κ2) is 6.33. The maximum Gasteiger partial charge on any atom is 0.418 e. The number of carbonyl (C=O) groups is 2. The van der Waals surface area contributed by atoms with Crippen LogP contribution in [0.25, 0.3) is 0 Å². The highest BCUT2D eigenvalue weighted by Crippen LogP contribution is 2.44. The molecule has 0 fully saturated rings. The molecule has 0 aromatic heterocycles. The summed E-state index contributed by atoms with van der Waals surface area (Å²) in [6.45, 7) is 12.4. The summed E-state index contributed by atoms with van der Waals surface area (Å²) in [5.41, 5.74) is -2.15. The third kappa shape index (κ3) is 3.49. The number of amides is 1.